The van der Waals surface area contributed by atoms with E-state index in [0.29, 0.717) is 43.2 Å². The first-order valence-corrected chi connectivity index (χ1v) is 13.6. The molecule has 0 fully saturated rings. The van der Waals surface area contributed by atoms with Crippen molar-refractivity contribution in [2.75, 3.05) is 20.3 Å². The van der Waals surface area contributed by atoms with Gasteiger partial charge in [0.15, 0.2) is 4.80 Å². The van der Waals surface area contributed by atoms with Crippen molar-refractivity contribution < 1.29 is 28.9 Å². The standard InChI is InChI=1S/C31H26N2O7S/c1-3-39-30(37)26-27(20-8-5-4-6-9-20)32-31-33(28(26)21-10-7-11-23(17-21)38-2)29(36)24(41-31)16-19-12-14-22(15-13-19)40-18-25(34)35/h4-17,28H,3,18H2,1-2H3,(H,34,35)/p-1/t28-/m0/s1. The quantitative estimate of drug-likeness (QED) is 0.283. The van der Waals surface area contributed by atoms with E-state index in [1.54, 1.807) is 62.6 Å². The van der Waals surface area contributed by atoms with Crippen LogP contribution in [-0.2, 0) is 14.3 Å². The van der Waals surface area contributed by atoms with Gasteiger partial charge in [0.25, 0.3) is 5.56 Å². The van der Waals surface area contributed by atoms with E-state index in [4.69, 9.17) is 19.2 Å². The number of hydrogen-bond donors (Lipinski definition) is 0. The summed E-state index contributed by atoms with van der Waals surface area (Å²) in [5, 5.41) is 10.7. The Labute approximate surface area is 238 Å². The molecule has 0 saturated heterocycles. The fraction of sp³-hybridized carbons (Fsp3) is 0.161. The summed E-state index contributed by atoms with van der Waals surface area (Å²) in [7, 11) is 1.55. The van der Waals surface area contributed by atoms with Crippen molar-refractivity contribution in [3.8, 4) is 11.5 Å². The molecule has 0 radical (unpaired) electrons. The van der Waals surface area contributed by atoms with Gasteiger partial charge in [-0.15, -0.1) is 0 Å². The summed E-state index contributed by atoms with van der Waals surface area (Å²) in [6.07, 6.45) is 1.71. The zero-order chi connectivity index (χ0) is 28.9. The number of methoxy groups -OCH3 is 1. The molecule has 2 heterocycles. The van der Waals surface area contributed by atoms with Crippen LogP contribution >= 0.6 is 11.3 Å². The number of ether oxygens (including phenoxy) is 3. The number of carboxylic acid groups (broad SMARTS) is 1. The van der Waals surface area contributed by atoms with Gasteiger partial charge in [-0.05, 0) is 48.4 Å². The number of carbonyl (C=O) groups is 2. The van der Waals surface area contributed by atoms with Crippen molar-refractivity contribution >= 4 is 35.0 Å². The molecule has 1 aliphatic rings. The summed E-state index contributed by atoms with van der Waals surface area (Å²) in [6, 6.07) is 22.4. The summed E-state index contributed by atoms with van der Waals surface area (Å²) >= 11 is 1.20. The number of thiazole rings is 1. The minimum absolute atomic E-state index is 0.155. The predicted molar refractivity (Wildman–Crippen MR) is 151 cm³/mol. The molecule has 0 bridgehead atoms. The van der Waals surface area contributed by atoms with Crippen LogP contribution in [0.25, 0.3) is 11.8 Å². The van der Waals surface area contributed by atoms with Gasteiger partial charge >= 0.3 is 5.97 Å². The highest BCUT2D eigenvalue weighted by molar-refractivity contribution is 7.07. The fourth-order valence-corrected chi connectivity index (χ4v) is 5.52. The van der Waals surface area contributed by atoms with Crippen LogP contribution in [0.15, 0.2) is 94.2 Å². The molecule has 1 aliphatic heterocycles. The molecule has 0 unspecified atom stereocenters. The molecule has 208 valence electrons. The van der Waals surface area contributed by atoms with Gasteiger partial charge in [-0.25, -0.2) is 9.79 Å². The van der Waals surface area contributed by atoms with Crippen LogP contribution in [0.2, 0.25) is 0 Å². The van der Waals surface area contributed by atoms with Gasteiger partial charge in [0.1, 0.15) is 18.1 Å². The van der Waals surface area contributed by atoms with Crippen molar-refractivity contribution in [3.05, 3.63) is 121 Å². The Morgan fingerprint density at radius 1 is 1.02 bits per heavy atom. The van der Waals surface area contributed by atoms with Crippen molar-refractivity contribution in [3.63, 3.8) is 0 Å². The first kappa shape index (κ1) is 27.6. The zero-order valence-electron chi connectivity index (χ0n) is 22.2. The second kappa shape index (κ2) is 12.1. The molecule has 0 saturated carbocycles. The monoisotopic (exact) mass is 569 g/mol. The number of fused-ring (bicyclic) bond motifs is 1. The third kappa shape index (κ3) is 5.82. The Hall–Kier alpha value is -4.96. The molecule has 10 heteroatoms. The highest BCUT2D eigenvalue weighted by Gasteiger charge is 2.35. The first-order valence-electron chi connectivity index (χ1n) is 12.7. The molecule has 1 aromatic heterocycles. The summed E-state index contributed by atoms with van der Waals surface area (Å²) < 4.78 is 18.0. The third-order valence-corrected chi connectivity index (χ3v) is 7.30. The fourth-order valence-electron chi connectivity index (χ4n) is 4.52. The minimum Gasteiger partial charge on any atom is -0.546 e. The Balaban J connectivity index is 1.72. The zero-order valence-corrected chi connectivity index (χ0v) is 23.1. The highest BCUT2D eigenvalue weighted by Crippen LogP contribution is 2.36. The summed E-state index contributed by atoms with van der Waals surface area (Å²) in [5.41, 5.74) is 2.43. The molecule has 41 heavy (non-hydrogen) atoms. The van der Waals surface area contributed by atoms with E-state index in [1.807, 2.05) is 36.4 Å². The second-order valence-corrected chi connectivity index (χ2v) is 9.95. The molecular formula is C31H25N2O7S-. The number of hydrogen-bond acceptors (Lipinski definition) is 9. The lowest BCUT2D eigenvalue weighted by Gasteiger charge is -2.26. The lowest BCUT2D eigenvalue weighted by Crippen LogP contribution is -2.40. The average molecular weight is 570 g/mol. The molecule has 3 aromatic carbocycles. The van der Waals surface area contributed by atoms with Gasteiger partial charge in [-0.3, -0.25) is 9.36 Å². The maximum absolute atomic E-state index is 13.9. The molecule has 9 nitrogen and oxygen atoms in total. The van der Waals surface area contributed by atoms with E-state index in [1.165, 1.54) is 15.9 Å². The number of esters is 1. The number of benzene rings is 3. The lowest BCUT2D eigenvalue weighted by molar-refractivity contribution is -0.307. The van der Waals surface area contributed by atoms with E-state index in [2.05, 4.69) is 0 Å². The van der Waals surface area contributed by atoms with Crippen LogP contribution in [0, 0.1) is 0 Å². The van der Waals surface area contributed by atoms with Crippen LogP contribution in [0.1, 0.15) is 29.7 Å². The average Bonchev–Trinajstić information content (AvgIpc) is 3.30. The van der Waals surface area contributed by atoms with E-state index in [9.17, 15) is 19.5 Å². The number of rotatable bonds is 9. The number of nitrogens with zero attached hydrogens (tertiary/aromatic N) is 2. The topological polar surface area (TPSA) is 119 Å². The minimum atomic E-state index is -1.32. The maximum atomic E-state index is 13.9. The Morgan fingerprint density at radius 2 is 1.78 bits per heavy atom. The lowest BCUT2D eigenvalue weighted by atomic mass is 9.93. The molecule has 5 rings (SSSR count). The van der Waals surface area contributed by atoms with Crippen LogP contribution in [0.5, 0.6) is 11.5 Å². The van der Waals surface area contributed by atoms with Gasteiger partial charge in [0.2, 0.25) is 0 Å². The van der Waals surface area contributed by atoms with Crippen molar-refractivity contribution in [2.45, 2.75) is 13.0 Å². The molecule has 0 N–H and O–H groups in total. The predicted octanol–water partition coefficient (Wildman–Crippen LogP) is 2.07. The van der Waals surface area contributed by atoms with Crippen molar-refractivity contribution in [2.24, 2.45) is 4.99 Å². The first-order chi connectivity index (χ1) is 19.9. The Kier molecular flexibility index (Phi) is 8.11. The van der Waals surface area contributed by atoms with Crippen LogP contribution in [0.4, 0.5) is 0 Å². The van der Waals surface area contributed by atoms with E-state index >= 15 is 0 Å². The van der Waals surface area contributed by atoms with Crippen LogP contribution < -0.4 is 29.5 Å². The maximum Gasteiger partial charge on any atom is 0.338 e. The Bertz CT molecular complexity index is 1810. The van der Waals surface area contributed by atoms with Crippen molar-refractivity contribution in [1.82, 2.24) is 4.57 Å². The number of carboxylic acids is 1. The van der Waals surface area contributed by atoms with E-state index in [-0.39, 0.29) is 17.7 Å². The van der Waals surface area contributed by atoms with E-state index < -0.39 is 24.6 Å². The number of carbonyl (C=O) groups excluding carboxylic acids is 2. The second-order valence-electron chi connectivity index (χ2n) is 8.94. The van der Waals surface area contributed by atoms with E-state index in [0.717, 1.165) is 0 Å². The SMILES string of the molecule is CCOC(=O)C1=C(c2ccccc2)N=c2sc(=Cc3ccc(OCC(=O)[O-])cc3)c(=O)n2[C@H]1c1cccc(OC)c1. The van der Waals surface area contributed by atoms with Crippen LogP contribution in [-0.4, -0.2) is 36.8 Å². The van der Waals surface area contributed by atoms with Gasteiger partial charge in [-0.1, -0.05) is 65.9 Å². The normalized spacial score (nSPS) is 14.7. The van der Waals surface area contributed by atoms with Crippen molar-refractivity contribution in [1.29, 1.82) is 0 Å². The number of aromatic nitrogens is 1. The molecule has 0 amide bonds. The van der Waals surface area contributed by atoms with Crippen LogP contribution in [0.3, 0.4) is 0 Å². The van der Waals surface area contributed by atoms with Gasteiger partial charge in [0, 0.05) is 5.56 Å². The van der Waals surface area contributed by atoms with Gasteiger partial charge < -0.3 is 24.1 Å². The molecular weight excluding hydrogens is 544 g/mol. The summed E-state index contributed by atoms with van der Waals surface area (Å²) in [4.78, 5) is 43.4. The largest absolute Gasteiger partial charge is 0.546 e. The molecule has 4 aromatic rings. The Morgan fingerprint density at radius 3 is 2.46 bits per heavy atom. The number of aliphatic carboxylic acids is 1. The molecule has 1 atom stereocenters. The third-order valence-electron chi connectivity index (χ3n) is 6.32. The smallest absolute Gasteiger partial charge is 0.338 e. The highest BCUT2D eigenvalue weighted by atomic mass is 32.1. The van der Waals surface area contributed by atoms with Gasteiger partial charge in [0.05, 0.1) is 41.5 Å². The molecule has 0 spiro atoms. The van der Waals surface area contributed by atoms with Gasteiger partial charge in [-0.2, -0.15) is 0 Å². The molecule has 0 aliphatic carbocycles. The summed E-state index contributed by atoms with van der Waals surface area (Å²) in [6.45, 7) is 1.32. The summed E-state index contributed by atoms with van der Waals surface area (Å²) in [5.74, 6) is -0.952.